The summed E-state index contributed by atoms with van der Waals surface area (Å²) in [5.74, 6) is 0. The zero-order valence-electron chi connectivity index (χ0n) is 9.13. The molecule has 0 saturated carbocycles. The number of rotatable bonds is 5. The van der Waals surface area contributed by atoms with E-state index in [2.05, 4.69) is 35.6 Å². The monoisotopic (exact) mass is 210 g/mol. The van der Waals surface area contributed by atoms with Crippen molar-refractivity contribution in [2.24, 2.45) is 0 Å². The van der Waals surface area contributed by atoms with Gasteiger partial charge in [-0.1, -0.05) is 19.4 Å². The molecule has 0 amide bonds. The third-order valence-electron chi connectivity index (χ3n) is 2.02. The van der Waals surface area contributed by atoms with Gasteiger partial charge in [0.25, 0.3) is 0 Å². The SMILES string of the molecule is CCNCC(=Cc1nc(C)cs1)CC. The number of likely N-dealkylation sites (N-methyl/N-ethyl adjacent to an activating group) is 1. The Morgan fingerprint density at radius 2 is 2.36 bits per heavy atom. The molecule has 0 aromatic carbocycles. The molecule has 3 heteroatoms. The highest BCUT2D eigenvalue weighted by Gasteiger charge is 1.97. The van der Waals surface area contributed by atoms with Crippen LogP contribution in [0.3, 0.4) is 0 Å². The third-order valence-corrected chi connectivity index (χ3v) is 2.93. The minimum Gasteiger partial charge on any atom is -0.313 e. The fourth-order valence-electron chi connectivity index (χ4n) is 1.18. The van der Waals surface area contributed by atoms with Crippen molar-refractivity contribution in [1.29, 1.82) is 0 Å². The lowest BCUT2D eigenvalue weighted by atomic mass is 10.2. The summed E-state index contributed by atoms with van der Waals surface area (Å²) < 4.78 is 0. The molecule has 0 aliphatic carbocycles. The third kappa shape index (κ3) is 3.60. The lowest BCUT2D eigenvalue weighted by Gasteiger charge is -2.03. The van der Waals surface area contributed by atoms with Gasteiger partial charge in [-0.3, -0.25) is 0 Å². The van der Waals surface area contributed by atoms with Gasteiger partial charge in [0.05, 0.1) is 0 Å². The summed E-state index contributed by atoms with van der Waals surface area (Å²) in [6.07, 6.45) is 3.28. The van der Waals surface area contributed by atoms with Crippen LogP contribution >= 0.6 is 11.3 Å². The van der Waals surface area contributed by atoms with Gasteiger partial charge in [0, 0.05) is 17.6 Å². The van der Waals surface area contributed by atoms with Gasteiger partial charge in [0.1, 0.15) is 5.01 Å². The number of hydrogen-bond donors (Lipinski definition) is 1. The van der Waals surface area contributed by atoms with Gasteiger partial charge in [-0.25, -0.2) is 4.98 Å². The Labute approximate surface area is 90.1 Å². The van der Waals surface area contributed by atoms with Crippen LogP contribution in [0.5, 0.6) is 0 Å². The Morgan fingerprint density at radius 1 is 1.57 bits per heavy atom. The van der Waals surface area contributed by atoms with Crippen molar-refractivity contribution in [2.75, 3.05) is 13.1 Å². The maximum atomic E-state index is 4.42. The van der Waals surface area contributed by atoms with Crippen LogP contribution in [0.25, 0.3) is 6.08 Å². The first-order chi connectivity index (χ1) is 6.76. The molecular weight excluding hydrogens is 192 g/mol. The molecule has 0 atom stereocenters. The van der Waals surface area contributed by atoms with Gasteiger partial charge in [-0.05, 0) is 26.0 Å². The van der Waals surface area contributed by atoms with Crippen LogP contribution in [-0.2, 0) is 0 Å². The van der Waals surface area contributed by atoms with Crippen molar-refractivity contribution in [3.63, 3.8) is 0 Å². The summed E-state index contributed by atoms with van der Waals surface area (Å²) in [5, 5.41) is 6.55. The van der Waals surface area contributed by atoms with Crippen molar-refractivity contribution in [2.45, 2.75) is 27.2 Å². The molecule has 2 nitrogen and oxygen atoms in total. The Morgan fingerprint density at radius 3 is 2.86 bits per heavy atom. The van der Waals surface area contributed by atoms with E-state index in [1.165, 1.54) is 5.57 Å². The molecule has 1 N–H and O–H groups in total. The number of thiazole rings is 1. The maximum Gasteiger partial charge on any atom is 0.116 e. The average molecular weight is 210 g/mol. The molecule has 0 aliphatic heterocycles. The molecule has 0 spiro atoms. The molecule has 0 bridgehead atoms. The second kappa shape index (κ2) is 5.94. The van der Waals surface area contributed by atoms with Crippen LogP contribution in [0.1, 0.15) is 31.0 Å². The molecule has 1 aromatic heterocycles. The van der Waals surface area contributed by atoms with Gasteiger partial charge in [0.2, 0.25) is 0 Å². The summed E-state index contributed by atoms with van der Waals surface area (Å²) >= 11 is 1.71. The molecule has 0 saturated heterocycles. The number of nitrogens with zero attached hydrogens (tertiary/aromatic N) is 1. The van der Waals surface area contributed by atoms with E-state index in [9.17, 15) is 0 Å². The Balaban J connectivity index is 2.63. The van der Waals surface area contributed by atoms with Crippen molar-refractivity contribution < 1.29 is 0 Å². The molecule has 78 valence electrons. The quantitative estimate of drug-likeness (QED) is 0.808. The van der Waals surface area contributed by atoms with Gasteiger partial charge >= 0.3 is 0 Å². The molecule has 0 radical (unpaired) electrons. The van der Waals surface area contributed by atoms with E-state index in [-0.39, 0.29) is 0 Å². The smallest absolute Gasteiger partial charge is 0.116 e. The Hall–Kier alpha value is -0.670. The standard InChI is InChI=1S/C11H18N2S/c1-4-10(7-12-5-2)6-11-13-9(3)8-14-11/h6,8,12H,4-5,7H2,1-3H3. The summed E-state index contributed by atoms with van der Waals surface area (Å²) in [6.45, 7) is 8.34. The molecule has 1 heterocycles. The molecule has 0 unspecified atom stereocenters. The summed E-state index contributed by atoms with van der Waals surface area (Å²) in [6, 6.07) is 0. The predicted octanol–water partition coefficient (Wildman–Crippen LogP) is 2.85. The van der Waals surface area contributed by atoms with E-state index in [4.69, 9.17) is 0 Å². The highest BCUT2D eigenvalue weighted by Crippen LogP contribution is 2.14. The van der Waals surface area contributed by atoms with Crippen molar-refractivity contribution >= 4 is 17.4 Å². The van der Waals surface area contributed by atoms with Gasteiger partial charge in [-0.15, -0.1) is 11.3 Å². The first-order valence-electron chi connectivity index (χ1n) is 5.08. The minimum absolute atomic E-state index is 0.978. The number of aromatic nitrogens is 1. The minimum atomic E-state index is 0.978. The van der Waals surface area contributed by atoms with E-state index in [0.29, 0.717) is 0 Å². The fourth-order valence-corrected chi connectivity index (χ4v) is 1.95. The molecule has 0 fully saturated rings. The van der Waals surface area contributed by atoms with Crippen LogP contribution < -0.4 is 5.32 Å². The van der Waals surface area contributed by atoms with Crippen LogP contribution in [0.2, 0.25) is 0 Å². The predicted molar refractivity (Wildman–Crippen MR) is 63.7 cm³/mol. The Kier molecular flexibility index (Phi) is 4.84. The molecule has 14 heavy (non-hydrogen) atoms. The zero-order chi connectivity index (χ0) is 10.4. The van der Waals surface area contributed by atoms with Crippen LogP contribution in [0, 0.1) is 6.92 Å². The van der Waals surface area contributed by atoms with E-state index in [1.54, 1.807) is 11.3 Å². The van der Waals surface area contributed by atoms with E-state index < -0.39 is 0 Å². The summed E-state index contributed by atoms with van der Waals surface area (Å²) in [5.41, 5.74) is 2.53. The molecule has 0 aliphatic rings. The number of aryl methyl sites for hydroxylation is 1. The van der Waals surface area contributed by atoms with Crippen molar-refractivity contribution in [1.82, 2.24) is 10.3 Å². The largest absolute Gasteiger partial charge is 0.313 e. The van der Waals surface area contributed by atoms with Crippen LogP contribution in [0.15, 0.2) is 11.0 Å². The van der Waals surface area contributed by atoms with E-state index in [0.717, 1.165) is 30.2 Å². The van der Waals surface area contributed by atoms with Crippen LogP contribution in [-0.4, -0.2) is 18.1 Å². The Bertz CT molecular complexity index is 302. The lowest BCUT2D eigenvalue weighted by Crippen LogP contribution is -2.15. The van der Waals surface area contributed by atoms with E-state index in [1.807, 2.05) is 6.92 Å². The molecule has 1 aromatic rings. The van der Waals surface area contributed by atoms with Gasteiger partial charge in [-0.2, -0.15) is 0 Å². The highest BCUT2D eigenvalue weighted by molar-refractivity contribution is 7.10. The van der Waals surface area contributed by atoms with Crippen LogP contribution in [0.4, 0.5) is 0 Å². The molecular formula is C11H18N2S. The van der Waals surface area contributed by atoms with Gasteiger partial charge < -0.3 is 5.32 Å². The van der Waals surface area contributed by atoms with E-state index >= 15 is 0 Å². The second-order valence-electron chi connectivity index (χ2n) is 3.26. The lowest BCUT2D eigenvalue weighted by molar-refractivity contribution is 0.762. The average Bonchev–Trinajstić information content (AvgIpc) is 2.58. The first kappa shape index (κ1) is 11.4. The van der Waals surface area contributed by atoms with Crippen molar-refractivity contribution in [3.8, 4) is 0 Å². The second-order valence-corrected chi connectivity index (χ2v) is 4.15. The zero-order valence-corrected chi connectivity index (χ0v) is 9.95. The number of hydrogen-bond acceptors (Lipinski definition) is 3. The van der Waals surface area contributed by atoms with Crippen molar-refractivity contribution in [3.05, 3.63) is 21.7 Å². The summed E-state index contributed by atoms with van der Waals surface area (Å²) in [4.78, 5) is 4.42. The molecule has 1 rings (SSSR count). The maximum absolute atomic E-state index is 4.42. The fraction of sp³-hybridized carbons (Fsp3) is 0.545. The topological polar surface area (TPSA) is 24.9 Å². The normalized spacial score (nSPS) is 12.1. The summed E-state index contributed by atoms with van der Waals surface area (Å²) in [7, 11) is 0. The highest BCUT2D eigenvalue weighted by atomic mass is 32.1. The number of nitrogens with one attached hydrogen (secondary N) is 1. The van der Waals surface area contributed by atoms with Gasteiger partial charge in [0.15, 0.2) is 0 Å². The first-order valence-corrected chi connectivity index (χ1v) is 5.96.